The molecule has 3 N–H and O–H groups in total. The molecule has 0 aliphatic heterocycles. The van der Waals surface area contributed by atoms with Crippen molar-refractivity contribution in [1.29, 1.82) is 0 Å². The molecule has 1 unspecified atom stereocenters. The Morgan fingerprint density at radius 3 is 2.82 bits per heavy atom. The molecule has 0 aliphatic rings. The first kappa shape index (κ1) is 11.5. The van der Waals surface area contributed by atoms with Crippen LogP contribution in [0.15, 0.2) is 22.6 Å². The van der Waals surface area contributed by atoms with Gasteiger partial charge in [-0.25, -0.2) is 0 Å². The highest BCUT2D eigenvalue weighted by molar-refractivity contribution is 5.91. The summed E-state index contributed by atoms with van der Waals surface area (Å²) in [6.45, 7) is 1.69. The first-order chi connectivity index (χ1) is 8.06. The van der Waals surface area contributed by atoms with E-state index in [-0.39, 0.29) is 0 Å². The van der Waals surface area contributed by atoms with Gasteiger partial charge in [0, 0.05) is 10.9 Å². The molecule has 2 rings (SSSR count). The monoisotopic (exact) mass is 235 g/mol. The largest absolute Gasteiger partial charge is 0.493 e. The number of methoxy groups -OCH3 is 1. The number of nitrogens with two attached hydrogens (primary N) is 1. The van der Waals surface area contributed by atoms with Gasteiger partial charge in [-0.05, 0) is 13.0 Å². The first-order valence-electron chi connectivity index (χ1n) is 5.10. The molecule has 0 radical (unpaired) electrons. The summed E-state index contributed by atoms with van der Waals surface area (Å²) in [6, 6.07) is 4.20. The molecule has 0 aliphatic carbocycles. The number of rotatable bonds is 3. The Labute approximate surface area is 97.8 Å². The third-order valence-electron chi connectivity index (χ3n) is 2.70. The van der Waals surface area contributed by atoms with Gasteiger partial charge in [-0.15, -0.1) is 0 Å². The third-order valence-corrected chi connectivity index (χ3v) is 2.70. The number of para-hydroxylation sites is 1. The van der Waals surface area contributed by atoms with Gasteiger partial charge in [-0.2, -0.15) is 0 Å². The van der Waals surface area contributed by atoms with Crippen molar-refractivity contribution in [2.24, 2.45) is 5.73 Å². The second-order valence-electron chi connectivity index (χ2n) is 3.72. The lowest BCUT2D eigenvalue weighted by Crippen LogP contribution is -2.21. The number of benzene rings is 1. The van der Waals surface area contributed by atoms with Crippen LogP contribution in [0.1, 0.15) is 17.4 Å². The molecule has 5 nitrogen and oxygen atoms in total. The van der Waals surface area contributed by atoms with Gasteiger partial charge in [0.2, 0.25) is 0 Å². The Bertz CT molecular complexity index is 573. The maximum atomic E-state index is 11.0. The van der Waals surface area contributed by atoms with Crippen LogP contribution in [0.4, 0.5) is 0 Å². The van der Waals surface area contributed by atoms with Gasteiger partial charge < -0.3 is 20.0 Å². The molecule has 0 bridgehead atoms. The minimum absolute atomic E-state index is 0.492. The fourth-order valence-corrected chi connectivity index (χ4v) is 1.90. The number of ether oxygens (including phenoxy) is 1. The summed E-state index contributed by atoms with van der Waals surface area (Å²) >= 11 is 0. The minimum Gasteiger partial charge on any atom is -0.493 e. The minimum atomic E-state index is -1.09. The summed E-state index contributed by atoms with van der Waals surface area (Å²) in [4.78, 5) is 11.0. The van der Waals surface area contributed by atoms with Gasteiger partial charge >= 0.3 is 5.97 Å². The van der Waals surface area contributed by atoms with E-state index >= 15 is 0 Å². The van der Waals surface area contributed by atoms with Crippen LogP contribution in [0.5, 0.6) is 5.75 Å². The lowest BCUT2D eigenvalue weighted by atomic mass is 10.0. The van der Waals surface area contributed by atoms with Gasteiger partial charge in [0.1, 0.15) is 11.8 Å². The highest BCUT2D eigenvalue weighted by Crippen LogP contribution is 2.34. The molecule has 1 aromatic heterocycles. The first-order valence-corrected chi connectivity index (χ1v) is 5.10. The van der Waals surface area contributed by atoms with E-state index in [2.05, 4.69) is 0 Å². The van der Waals surface area contributed by atoms with Gasteiger partial charge in [-0.1, -0.05) is 12.1 Å². The van der Waals surface area contributed by atoms with Crippen LogP contribution in [0.25, 0.3) is 11.0 Å². The third kappa shape index (κ3) is 1.74. The second kappa shape index (κ2) is 4.10. The number of carboxylic acid groups (broad SMARTS) is 1. The Hall–Kier alpha value is -2.01. The Kier molecular flexibility index (Phi) is 2.77. The molecule has 90 valence electrons. The van der Waals surface area contributed by atoms with E-state index in [1.165, 1.54) is 7.11 Å². The van der Waals surface area contributed by atoms with Crippen molar-refractivity contribution < 1.29 is 19.1 Å². The summed E-state index contributed by atoms with van der Waals surface area (Å²) in [5.41, 5.74) is 6.66. The number of carboxylic acids is 1. The molecule has 0 saturated heterocycles. The predicted molar refractivity (Wildman–Crippen MR) is 62.1 cm³/mol. The van der Waals surface area contributed by atoms with Crippen molar-refractivity contribution in [1.82, 2.24) is 0 Å². The molecule has 17 heavy (non-hydrogen) atoms. The molecule has 0 amide bonds. The summed E-state index contributed by atoms with van der Waals surface area (Å²) < 4.78 is 10.7. The zero-order valence-corrected chi connectivity index (χ0v) is 9.56. The van der Waals surface area contributed by atoms with Crippen molar-refractivity contribution >= 4 is 16.9 Å². The number of hydrogen-bond acceptors (Lipinski definition) is 4. The smallest absolute Gasteiger partial charge is 0.325 e. The highest BCUT2D eigenvalue weighted by Gasteiger charge is 2.24. The summed E-state index contributed by atoms with van der Waals surface area (Å²) in [5.74, 6) is -0.0209. The zero-order valence-electron chi connectivity index (χ0n) is 9.56. The van der Waals surface area contributed by atoms with Gasteiger partial charge in [0.05, 0.1) is 7.11 Å². The SMILES string of the molecule is COc1cccc2c(C(N)C(=O)O)c(C)oc12. The van der Waals surface area contributed by atoms with Gasteiger partial charge in [0.25, 0.3) is 0 Å². The van der Waals surface area contributed by atoms with Gasteiger partial charge in [-0.3, -0.25) is 4.79 Å². The van der Waals surface area contributed by atoms with Crippen LogP contribution in [0.2, 0.25) is 0 Å². The molecule has 2 aromatic rings. The summed E-state index contributed by atoms with van der Waals surface area (Å²) in [5, 5.41) is 9.64. The van der Waals surface area contributed by atoms with Crippen LogP contribution in [0.3, 0.4) is 0 Å². The van der Waals surface area contributed by atoms with Crippen LogP contribution < -0.4 is 10.5 Å². The van der Waals surface area contributed by atoms with Crippen LogP contribution in [-0.4, -0.2) is 18.2 Å². The fourth-order valence-electron chi connectivity index (χ4n) is 1.90. The van der Waals surface area contributed by atoms with Crippen molar-refractivity contribution in [3.8, 4) is 5.75 Å². The van der Waals surface area contributed by atoms with E-state index in [4.69, 9.17) is 20.0 Å². The molecule has 1 atom stereocenters. The van der Waals surface area contributed by atoms with Gasteiger partial charge in [0.15, 0.2) is 11.3 Å². The number of carbonyl (C=O) groups is 1. The van der Waals surface area contributed by atoms with Crippen LogP contribution in [0, 0.1) is 6.92 Å². The zero-order chi connectivity index (χ0) is 12.6. The number of furan rings is 1. The second-order valence-corrected chi connectivity index (χ2v) is 3.72. The molecule has 0 saturated carbocycles. The maximum absolute atomic E-state index is 11.0. The molecular weight excluding hydrogens is 222 g/mol. The molecule has 0 fully saturated rings. The summed E-state index contributed by atoms with van der Waals surface area (Å²) in [6.07, 6.45) is 0. The Morgan fingerprint density at radius 1 is 1.53 bits per heavy atom. The van der Waals surface area contributed by atoms with E-state index in [0.29, 0.717) is 28.0 Å². The van der Waals surface area contributed by atoms with Crippen molar-refractivity contribution in [3.05, 3.63) is 29.5 Å². The van der Waals surface area contributed by atoms with E-state index in [0.717, 1.165) is 0 Å². The number of hydrogen-bond donors (Lipinski definition) is 2. The highest BCUT2D eigenvalue weighted by atomic mass is 16.5. The Morgan fingerprint density at radius 2 is 2.24 bits per heavy atom. The average molecular weight is 235 g/mol. The molecular formula is C12H13NO4. The fraction of sp³-hybridized carbons (Fsp3) is 0.250. The molecule has 1 heterocycles. The van der Waals surface area contributed by atoms with E-state index < -0.39 is 12.0 Å². The predicted octanol–water partition coefficient (Wildman–Crippen LogP) is 1.83. The van der Waals surface area contributed by atoms with Crippen molar-refractivity contribution in [3.63, 3.8) is 0 Å². The molecule has 0 spiro atoms. The maximum Gasteiger partial charge on any atom is 0.325 e. The number of fused-ring (bicyclic) bond motifs is 1. The lowest BCUT2D eigenvalue weighted by Gasteiger charge is -2.05. The molecule has 1 aromatic carbocycles. The Balaban J connectivity index is 2.72. The normalized spacial score (nSPS) is 12.6. The van der Waals surface area contributed by atoms with E-state index in [1.807, 2.05) is 0 Å². The van der Waals surface area contributed by atoms with Crippen LogP contribution >= 0.6 is 0 Å². The lowest BCUT2D eigenvalue weighted by molar-refractivity contribution is -0.138. The van der Waals surface area contributed by atoms with E-state index in [1.54, 1.807) is 25.1 Å². The van der Waals surface area contributed by atoms with Crippen LogP contribution in [-0.2, 0) is 4.79 Å². The average Bonchev–Trinajstić information content (AvgIpc) is 2.63. The van der Waals surface area contributed by atoms with Crippen molar-refractivity contribution in [2.75, 3.05) is 7.11 Å². The number of aryl methyl sites for hydroxylation is 1. The van der Waals surface area contributed by atoms with Crippen molar-refractivity contribution in [2.45, 2.75) is 13.0 Å². The van der Waals surface area contributed by atoms with E-state index in [9.17, 15) is 4.79 Å². The number of aliphatic carboxylic acids is 1. The standard InChI is InChI=1S/C12H13NO4/c1-6-9(10(13)12(14)15)7-4-3-5-8(16-2)11(7)17-6/h3-5,10H,13H2,1-2H3,(H,14,15). The molecule has 5 heteroatoms. The summed E-state index contributed by atoms with van der Waals surface area (Å²) in [7, 11) is 1.53. The topological polar surface area (TPSA) is 85.7 Å². The quantitative estimate of drug-likeness (QED) is 0.847.